The van der Waals surface area contributed by atoms with Crippen LogP contribution in [0.5, 0.6) is 0 Å². The Balaban J connectivity index is 1.50. The summed E-state index contributed by atoms with van der Waals surface area (Å²) in [6.07, 6.45) is 0. The Morgan fingerprint density at radius 2 is 1.93 bits per heavy atom. The van der Waals surface area contributed by atoms with E-state index in [4.69, 9.17) is 14.0 Å². The summed E-state index contributed by atoms with van der Waals surface area (Å²) >= 11 is 0. The molecule has 7 nitrogen and oxygen atoms in total. The number of morpholine rings is 1. The average Bonchev–Trinajstić information content (AvgIpc) is 3.04. The second-order valence-electron chi connectivity index (χ2n) is 6.82. The highest BCUT2D eigenvalue weighted by molar-refractivity contribution is 6.05. The van der Waals surface area contributed by atoms with Crippen LogP contribution in [0.15, 0.2) is 39.9 Å². The SMILES string of the molecule is CC(=NOCCN1CCOCC1)c1ccc(NC(=O)c2cc(C)oc2C)cc1. The van der Waals surface area contributed by atoms with Crippen molar-refractivity contribution in [3.63, 3.8) is 0 Å². The second-order valence-corrected chi connectivity index (χ2v) is 6.82. The number of nitrogens with one attached hydrogen (secondary N) is 1. The van der Waals surface area contributed by atoms with Gasteiger partial charge in [-0.2, -0.15) is 0 Å². The van der Waals surface area contributed by atoms with Crippen LogP contribution in [0, 0.1) is 13.8 Å². The summed E-state index contributed by atoms with van der Waals surface area (Å²) in [6.45, 7) is 10.4. The molecule has 1 aliphatic heterocycles. The summed E-state index contributed by atoms with van der Waals surface area (Å²) in [5.74, 6) is 1.15. The van der Waals surface area contributed by atoms with Crippen LogP contribution in [0.3, 0.4) is 0 Å². The Kier molecular flexibility index (Phi) is 6.84. The molecule has 1 aromatic heterocycles. The molecule has 7 heteroatoms. The maximum Gasteiger partial charge on any atom is 0.259 e. The lowest BCUT2D eigenvalue weighted by molar-refractivity contribution is 0.0212. The van der Waals surface area contributed by atoms with E-state index in [-0.39, 0.29) is 5.91 Å². The summed E-state index contributed by atoms with van der Waals surface area (Å²) in [5.41, 5.74) is 3.00. The van der Waals surface area contributed by atoms with Crippen molar-refractivity contribution in [2.45, 2.75) is 20.8 Å². The standard InChI is InChI=1S/C21H27N3O4/c1-15-14-20(17(3)28-15)21(25)22-19-6-4-18(5-7-19)16(2)23-27-13-10-24-8-11-26-12-9-24/h4-7,14H,8-13H2,1-3H3,(H,22,25). The highest BCUT2D eigenvalue weighted by Crippen LogP contribution is 2.17. The summed E-state index contributed by atoms with van der Waals surface area (Å²) in [6, 6.07) is 9.26. The first-order valence-corrected chi connectivity index (χ1v) is 9.48. The Bertz CT molecular complexity index is 821. The van der Waals surface area contributed by atoms with Crippen molar-refractivity contribution in [3.8, 4) is 0 Å². The quantitative estimate of drug-likeness (QED) is 0.450. The third kappa shape index (κ3) is 5.43. The number of oxime groups is 1. The minimum absolute atomic E-state index is 0.182. The van der Waals surface area contributed by atoms with Gasteiger partial charge in [0, 0.05) is 25.3 Å². The first kappa shape index (κ1) is 20.1. The van der Waals surface area contributed by atoms with Crippen molar-refractivity contribution in [3.05, 3.63) is 53.0 Å². The fourth-order valence-corrected chi connectivity index (χ4v) is 3.04. The Morgan fingerprint density at radius 1 is 1.21 bits per heavy atom. The molecule has 2 heterocycles. The van der Waals surface area contributed by atoms with Crippen LogP contribution in [0.4, 0.5) is 5.69 Å². The number of furan rings is 1. The van der Waals surface area contributed by atoms with Gasteiger partial charge in [0.2, 0.25) is 0 Å². The number of aryl methyl sites for hydroxylation is 2. The Morgan fingerprint density at radius 3 is 2.57 bits per heavy atom. The number of nitrogens with zero attached hydrogens (tertiary/aromatic N) is 2. The minimum atomic E-state index is -0.182. The number of hydrogen-bond donors (Lipinski definition) is 1. The van der Waals surface area contributed by atoms with Gasteiger partial charge in [0.25, 0.3) is 5.91 Å². The average molecular weight is 385 g/mol. The number of ether oxygens (including phenoxy) is 1. The Hall–Kier alpha value is -2.64. The van der Waals surface area contributed by atoms with Crippen LogP contribution in [0.25, 0.3) is 0 Å². The molecule has 1 aromatic carbocycles. The molecule has 1 saturated heterocycles. The third-order valence-electron chi connectivity index (χ3n) is 4.65. The van der Waals surface area contributed by atoms with Gasteiger partial charge in [0.05, 0.1) is 24.5 Å². The van der Waals surface area contributed by atoms with Crippen molar-refractivity contribution in [1.82, 2.24) is 4.90 Å². The Labute approximate surface area is 165 Å². The molecule has 0 aliphatic carbocycles. The number of carbonyl (C=O) groups is 1. The summed E-state index contributed by atoms with van der Waals surface area (Å²) < 4.78 is 10.7. The van der Waals surface area contributed by atoms with E-state index in [1.807, 2.05) is 38.1 Å². The minimum Gasteiger partial charge on any atom is -0.466 e. The molecule has 1 fully saturated rings. The molecule has 0 saturated carbocycles. The van der Waals surface area contributed by atoms with E-state index in [1.165, 1.54) is 0 Å². The topological polar surface area (TPSA) is 76.3 Å². The van der Waals surface area contributed by atoms with E-state index in [0.29, 0.717) is 23.6 Å². The number of hydrogen-bond acceptors (Lipinski definition) is 6. The number of anilines is 1. The van der Waals surface area contributed by atoms with Crippen LogP contribution in [-0.4, -0.2) is 56.0 Å². The fourth-order valence-electron chi connectivity index (χ4n) is 3.04. The fraction of sp³-hybridized carbons (Fsp3) is 0.429. The zero-order chi connectivity index (χ0) is 19.9. The molecule has 0 bridgehead atoms. The van der Waals surface area contributed by atoms with Gasteiger partial charge in [-0.15, -0.1) is 0 Å². The third-order valence-corrected chi connectivity index (χ3v) is 4.65. The predicted octanol–water partition coefficient (Wildman–Crippen LogP) is 3.22. The number of amides is 1. The van der Waals surface area contributed by atoms with Crippen LogP contribution in [0.2, 0.25) is 0 Å². The highest BCUT2D eigenvalue weighted by atomic mass is 16.6. The molecule has 3 rings (SSSR count). The molecule has 1 N–H and O–H groups in total. The number of rotatable bonds is 7. The van der Waals surface area contributed by atoms with E-state index in [9.17, 15) is 4.79 Å². The molecule has 1 amide bonds. The monoisotopic (exact) mass is 385 g/mol. The van der Waals surface area contributed by atoms with Gasteiger partial charge >= 0.3 is 0 Å². The van der Waals surface area contributed by atoms with Crippen molar-refractivity contribution >= 4 is 17.3 Å². The van der Waals surface area contributed by atoms with Crippen molar-refractivity contribution in [2.24, 2.45) is 5.16 Å². The normalized spacial score (nSPS) is 15.5. The van der Waals surface area contributed by atoms with Crippen molar-refractivity contribution < 1.29 is 18.8 Å². The molecule has 1 aliphatic rings. The maximum atomic E-state index is 12.3. The first-order valence-electron chi connectivity index (χ1n) is 9.48. The molecule has 2 aromatic rings. The van der Waals surface area contributed by atoms with Gasteiger partial charge in [-0.25, -0.2) is 0 Å². The zero-order valence-corrected chi connectivity index (χ0v) is 16.7. The molecular weight excluding hydrogens is 358 g/mol. The predicted molar refractivity (Wildman–Crippen MR) is 108 cm³/mol. The second kappa shape index (κ2) is 9.52. The van der Waals surface area contributed by atoms with Crippen LogP contribution < -0.4 is 5.32 Å². The van der Waals surface area contributed by atoms with E-state index in [2.05, 4.69) is 15.4 Å². The molecule has 0 spiro atoms. The van der Waals surface area contributed by atoms with Crippen LogP contribution >= 0.6 is 0 Å². The lowest BCUT2D eigenvalue weighted by Gasteiger charge is -2.25. The maximum absolute atomic E-state index is 12.3. The van der Waals surface area contributed by atoms with Crippen LogP contribution in [-0.2, 0) is 9.57 Å². The molecule has 28 heavy (non-hydrogen) atoms. The van der Waals surface area contributed by atoms with Gasteiger partial charge in [-0.05, 0) is 44.5 Å². The zero-order valence-electron chi connectivity index (χ0n) is 16.7. The summed E-state index contributed by atoms with van der Waals surface area (Å²) in [4.78, 5) is 20.1. The molecule has 0 unspecified atom stereocenters. The summed E-state index contributed by atoms with van der Waals surface area (Å²) in [7, 11) is 0. The smallest absolute Gasteiger partial charge is 0.259 e. The lowest BCUT2D eigenvalue weighted by Crippen LogP contribution is -2.38. The van der Waals surface area contributed by atoms with Crippen LogP contribution in [0.1, 0.15) is 34.4 Å². The van der Waals surface area contributed by atoms with E-state index in [1.54, 1.807) is 13.0 Å². The van der Waals surface area contributed by atoms with Gasteiger partial charge in [-0.3, -0.25) is 9.69 Å². The molecular formula is C21H27N3O4. The molecule has 0 atom stereocenters. The van der Waals surface area contributed by atoms with Gasteiger partial charge in [-0.1, -0.05) is 17.3 Å². The number of carbonyl (C=O) groups excluding carboxylic acids is 1. The van der Waals surface area contributed by atoms with E-state index >= 15 is 0 Å². The van der Waals surface area contributed by atoms with E-state index < -0.39 is 0 Å². The summed E-state index contributed by atoms with van der Waals surface area (Å²) in [5, 5.41) is 7.07. The first-order chi connectivity index (χ1) is 13.5. The van der Waals surface area contributed by atoms with Gasteiger partial charge in [0.1, 0.15) is 18.1 Å². The lowest BCUT2D eigenvalue weighted by atomic mass is 10.1. The largest absolute Gasteiger partial charge is 0.466 e. The van der Waals surface area contributed by atoms with E-state index in [0.717, 1.165) is 49.9 Å². The number of benzene rings is 1. The van der Waals surface area contributed by atoms with Gasteiger partial charge < -0.3 is 19.3 Å². The molecule has 0 radical (unpaired) electrons. The highest BCUT2D eigenvalue weighted by Gasteiger charge is 2.14. The molecule has 150 valence electrons. The van der Waals surface area contributed by atoms with Crippen molar-refractivity contribution in [1.29, 1.82) is 0 Å². The van der Waals surface area contributed by atoms with Gasteiger partial charge in [0.15, 0.2) is 0 Å². The van der Waals surface area contributed by atoms with Crippen molar-refractivity contribution in [2.75, 3.05) is 44.8 Å².